The zero-order valence-electron chi connectivity index (χ0n) is 17.0. The van der Waals surface area contributed by atoms with E-state index in [2.05, 4.69) is 45.8 Å². The molecule has 3 atom stereocenters. The van der Waals surface area contributed by atoms with Crippen LogP contribution in [-0.2, 0) is 6.42 Å². The predicted octanol–water partition coefficient (Wildman–Crippen LogP) is 2.80. The van der Waals surface area contributed by atoms with Gasteiger partial charge in [0.15, 0.2) is 0 Å². The van der Waals surface area contributed by atoms with Crippen LogP contribution in [0, 0.1) is 11.8 Å². The van der Waals surface area contributed by atoms with E-state index in [0.717, 1.165) is 36.8 Å². The maximum atomic E-state index is 5.92. The zero-order valence-corrected chi connectivity index (χ0v) is 17.8. The van der Waals surface area contributed by atoms with Gasteiger partial charge in [0.05, 0.1) is 17.5 Å². The summed E-state index contributed by atoms with van der Waals surface area (Å²) in [5.41, 5.74) is 2.94. The highest BCUT2D eigenvalue weighted by Crippen LogP contribution is 2.58. The summed E-state index contributed by atoms with van der Waals surface area (Å²) in [6, 6.07) is 8.34. The predicted molar refractivity (Wildman–Crippen MR) is 117 cm³/mol. The molecule has 0 radical (unpaired) electrons. The van der Waals surface area contributed by atoms with E-state index in [1.165, 1.54) is 5.56 Å². The number of anilines is 2. The highest BCUT2D eigenvalue weighted by molar-refractivity contribution is 6.30. The molecule has 1 aliphatic heterocycles. The number of aromatic amines is 1. The molecule has 2 fully saturated rings. The van der Waals surface area contributed by atoms with E-state index in [1.54, 1.807) is 12.4 Å². The van der Waals surface area contributed by atoms with E-state index < -0.39 is 0 Å². The lowest BCUT2D eigenvalue weighted by Crippen LogP contribution is -2.23. The third-order valence-electron chi connectivity index (χ3n) is 6.16. The summed E-state index contributed by atoms with van der Waals surface area (Å²) < 4.78 is 5.90. The third kappa shape index (κ3) is 3.66. The fraction of sp³-hybridized carbons (Fsp3) is 0.333. The molecule has 1 unspecified atom stereocenters. The number of H-pyrrole nitrogens is 1. The van der Waals surface area contributed by atoms with Crippen LogP contribution in [0.5, 0.6) is 0 Å². The molecular formula is C21H20ClN9O. The van der Waals surface area contributed by atoms with Gasteiger partial charge in [0, 0.05) is 43.0 Å². The van der Waals surface area contributed by atoms with Crippen molar-refractivity contribution in [3.05, 3.63) is 59.1 Å². The lowest BCUT2D eigenvalue weighted by Gasteiger charge is -2.15. The van der Waals surface area contributed by atoms with Crippen molar-refractivity contribution in [3.8, 4) is 11.5 Å². The number of halogens is 1. The largest absolute Gasteiger partial charge is 0.403 e. The molecule has 3 aromatic heterocycles. The van der Waals surface area contributed by atoms with Crippen LogP contribution in [0.15, 0.2) is 47.3 Å². The molecule has 4 aromatic rings. The summed E-state index contributed by atoms with van der Waals surface area (Å²) in [6.45, 7) is 2.49. The van der Waals surface area contributed by atoms with Crippen LogP contribution in [0.2, 0.25) is 5.02 Å². The molecule has 1 aromatic carbocycles. The Kier molecular flexibility index (Phi) is 4.71. The molecule has 4 heterocycles. The van der Waals surface area contributed by atoms with Gasteiger partial charge in [-0.1, -0.05) is 28.8 Å². The van der Waals surface area contributed by atoms with E-state index >= 15 is 0 Å². The summed E-state index contributed by atoms with van der Waals surface area (Å²) in [6.07, 6.45) is 6.05. The molecule has 2 N–H and O–H groups in total. The molecule has 32 heavy (non-hydrogen) atoms. The monoisotopic (exact) mass is 449 g/mol. The van der Waals surface area contributed by atoms with Crippen molar-refractivity contribution in [1.82, 2.24) is 35.6 Å². The minimum absolute atomic E-state index is 0.418. The molecule has 10 nitrogen and oxygen atoms in total. The van der Waals surface area contributed by atoms with Gasteiger partial charge in [0.25, 0.3) is 5.89 Å². The Morgan fingerprint density at radius 3 is 2.56 bits per heavy atom. The molecule has 162 valence electrons. The highest BCUT2D eigenvalue weighted by atomic mass is 35.5. The molecule has 1 saturated heterocycles. The highest BCUT2D eigenvalue weighted by Gasteiger charge is 2.58. The number of aromatic nitrogens is 7. The maximum Gasteiger partial charge on any atom is 0.318 e. The van der Waals surface area contributed by atoms with E-state index in [9.17, 15) is 0 Å². The van der Waals surface area contributed by atoms with Crippen molar-refractivity contribution in [2.75, 3.05) is 29.9 Å². The molecule has 2 aliphatic rings. The first-order chi connectivity index (χ1) is 15.7. The topological polar surface area (TPSA) is 122 Å². The SMILES string of the molecule is Clc1ccc(CCNc2ncc(-c3nnc(N4C[C@@H]5C(c6cn[nH]n6)[C@@H]5C4)o3)cn2)cc1. The molecule has 0 bridgehead atoms. The molecule has 1 saturated carbocycles. The number of nitrogens with one attached hydrogen (secondary N) is 2. The van der Waals surface area contributed by atoms with E-state index in [1.807, 2.05) is 30.5 Å². The number of hydrogen-bond donors (Lipinski definition) is 2. The molecular weight excluding hydrogens is 430 g/mol. The lowest BCUT2D eigenvalue weighted by molar-refractivity contribution is 0.543. The van der Waals surface area contributed by atoms with Gasteiger partial charge in [-0.05, 0) is 36.0 Å². The summed E-state index contributed by atoms with van der Waals surface area (Å²) >= 11 is 5.92. The molecule has 0 spiro atoms. The second kappa shape index (κ2) is 7.86. The minimum Gasteiger partial charge on any atom is -0.403 e. The van der Waals surface area contributed by atoms with Crippen LogP contribution in [0.4, 0.5) is 12.0 Å². The van der Waals surface area contributed by atoms with Crippen LogP contribution in [0.25, 0.3) is 11.5 Å². The first-order valence-electron chi connectivity index (χ1n) is 10.5. The summed E-state index contributed by atoms with van der Waals surface area (Å²) in [4.78, 5) is 10.9. The number of fused-ring (bicyclic) bond motifs is 1. The number of rotatable bonds is 7. The Hall–Kier alpha value is -3.53. The first kappa shape index (κ1) is 19.2. The van der Waals surface area contributed by atoms with Crippen LogP contribution in [0.3, 0.4) is 0 Å². The first-order valence-corrected chi connectivity index (χ1v) is 10.9. The zero-order chi connectivity index (χ0) is 21.5. The van der Waals surface area contributed by atoms with E-state index in [0.29, 0.717) is 41.2 Å². The van der Waals surface area contributed by atoms with Crippen LogP contribution in [0.1, 0.15) is 17.2 Å². The van der Waals surface area contributed by atoms with Gasteiger partial charge in [0.1, 0.15) is 0 Å². The fourth-order valence-electron chi connectivity index (χ4n) is 4.45. The smallest absolute Gasteiger partial charge is 0.318 e. The quantitative estimate of drug-likeness (QED) is 0.438. The Bertz CT molecular complexity index is 1180. The normalized spacial score (nSPS) is 21.5. The number of hydrogen-bond acceptors (Lipinski definition) is 9. The van der Waals surface area contributed by atoms with Gasteiger partial charge >= 0.3 is 6.01 Å². The van der Waals surface area contributed by atoms with Crippen LogP contribution < -0.4 is 10.2 Å². The van der Waals surface area contributed by atoms with Crippen molar-refractivity contribution < 1.29 is 4.42 Å². The molecule has 0 amide bonds. The van der Waals surface area contributed by atoms with Crippen LogP contribution in [-0.4, -0.2) is 55.2 Å². The van der Waals surface area contributed by atoms with Gasteiger partial charge < -0.3 is 14.6 Å². The second-order valence-electron chi connectivity index (χ2n) is 8.14. The lowest BCUT2D eigenvalue weighted by atomic mass is 10.1. The Morgan fingerprint density at radius 1 is 1.06 bits per heavy atom. The number of benzene rings is 1. The van der Waals surface area contributed by atoms with E-state index in [4.69, 9.17) is 16.0 Å². The van der Waals surface area contributed by atoms with Gasteiger partial charge in [-0.3, -0.25) is 0 Å². The summed E-state index contributed by atoms with van der Waals surface area (Å²) in [7, 11) is 0. The fourth-order valence-corrected chi connectivity index (χ4v) is 4.58. The summed E-state index contributed by atoms with van der Waals surface area (Å²) in [5.74, 6) is 2.59. The average Bonchev–Trinajstić information content (AvgIpc) is 3.35. The van der Waals surface area contributed by atoms with Crippen molar-refractivity contribution in [2.24, 2.45) is 11.8 Å². The van der Waals surface area contributed by atoms with E-state index in [-0.39, 0.29) is 0 Å². The van der Waals surface area contributed by atoms with Crippen molar-refractivity contribution in [1.29, 1.82) is 0 Å². The summed E-state index contributed by atoms with van der Waals surface area (Å²) in [5, 5.41) is 23.2. The standard InChI is InChI=1S/C21H20ClN9O/c22-14-3-1-12(2-4-14)5-6-23-20-24-7-13(8-25-20)19-28-29-21(32-19)31-10-15-16(11-31)18(15)17-9-26-30-27-17/h1-4,7-9,15-16,18H,5-6,10-11H2,(H,23,24,25)(H,26,27,30)/t15-,16+,18?. The van der Waals surface area contributed by atoms with Crippen molar-refractivity contribution in [2.45, 2.75) is 12.3 Å². The Balaban J connectivity index is 1.03. The average molecular weight is 450 g/mol. The molecule has 6 rings (SSSR count). The number of piperidine rings is 1. The van der Waals surface area contributed by atoms with Gasteiger partial charge in [-0.25, -0.2) is 9.97 Å². The Labute approximate surface area is 188 Å². The Morgan fingerprint density at radius 2 is 1.84 bits per heavy atom. The minimum atomic E-state index is 0.418. The maximum absolute atomic E-state index is 5.92. The van der Waals surface area contributed by atoms with Gasteiger partial charge in [-0.2, -0.15) is 15.4 Å². The third-order valence-corrected chi connectivity index (χ3v) is 6.41. The van der Waals surface area contributed by atoms with Crippen molar-refractivity contribution >= 4 is 23.6 Å². The van der Waals surface area contributed by atoms with Crippen molar-refractivity contribution in [3.63, 3.8) is 0 Å². The van der Waals surface area contributed by atoms with Gasteiger partial charge in [0.2, 0.25) is 5.95 Å². The number of nitrogens with zero attached hydrogens (tertiary/aromatic N) is 7. The molecule has 11 heteroatoms. The van der Waals surface area contributed by atoms with Crippen LogP contribution >= 0.6 is 11.6 Å². The van der Waals surface area contributed by atoms with Gasteiger partial charge in [-0.15, -0.1) is 5.10 Å². The molecule has 1 aliphatic carbocycles. The second-order valence-corrected chi connectivity index (χ2v) is 8.58.